The Morgan fingerprint density at radius 1 is 0.667 bits per heavy atom. The molecule has 36 heavy (non-hydrogen) atoms. The Hall–Kier alpha value is -4.07. The van der Waals surface area contributed by atoms with Crippen molar-refractivity contribution in [2.24, 2.45) is 0 Å². The van der Waals surface area contributed by atoms with Crippen LogP contribution in [0.5, 0.6) is 0 Å². The summed E-state index contributed by atoms with van der Waals surface area (Å²) in [5.41, 5.74) is 0.833. The second kappa shape index (κ2) is 10.7. The standard InChI is InChI=1S/C32H28NO2P/c1-26-22-23-28(35-26)24-33(27-14-6-2-7-15-27)32(34)25-36(29-16-8-3-9-17-29,30-18-10-4-11-19-30)31-20-12-5-13-21-31/h2-23,25H,24H2,1H3. The van der Waals surface area contributed by atoms with Gasteiger partial charge in [0.15, 0.2) is 0 Å². The van der Waals surface area contributed by atoms with Crippen molar-refractivity contribution in [1.29, 1.82) is 0 Å². The SMILES string of the molecule is Cc1ccc(CN(C(=O)C=P(c2ccccc2)(c2ccccc2)c2ccccc2)c2ccccc2)o1. The van der Waals surface area contributed by atoms with Crippen LogP contribution in [0.1, 0.15) is 11.5 Å². The van der Waals surface area contributed by atoms with E-state index in [9.17, 15) is 4.79 Å². The molecule has 1 aromatic heterocycles. The molecule has 0 spiro atoms. The molecular weight excluding hydrogens is 461 g/mol. The van der Waals surface area contributed by atoms with Gasteiger partial charge in [-0.05, 0) is 54.0 Å². The molecule has 0 bridgehead atoms. The van der Waals surface area contributed by atoms with Crippen LogP contribution >= 0.6 is 6.89 Å². The second-order valence-corrected chi connectivity index (χ2v) is 11.9. The van der Waals surface area contributed by atoms with Gasteiger partial charge in [0.25, 0.3) is 5.91 Å². The fourth-order valence-corrected chi connectivity index (χ4v) is 8.27. The second-order valence-electron chi connectivity index (χ2n) is 8.63. The van der Waals surface area contributed by atoms with Gasteiger partial charge in [-0.3, -0.25) is 4.79 Å². The van der Waals surface area contributed by atoms with E-state index in [1.165, 1.54) is 0 Å². The predicted molar refractivity (Wildman–Crippen MR) is 152 cm³/mol. The predicted octanol–water partition coefficient (Wildman–Crippen LogP) is 5.92. The molecule has 0 saturated heterocycles. The van der Waals surface area contributed by atoms with Crippen molar-refractivity contribution in [2.75, 3.05) is 4.90 Å². The summed E-state index contributed by atoms with van der Waals surface area (Å²) in [4.78, 5) is 16.2. The maximum atomic E-state index is 14.3. The van der Waals surface area contributed by atoms with Gasteiger partial charge in [0.1, 0.15) is 11.5 Å². The van der Waals surface area contributed by atoms with Gasteiger partial charge in [0, 0.05) is 11.5 Å². The molecule has 0 radical (unpaired) electrons. The lowest BCUT2D eigenvalue weighted by molar-refractivity contribution is -0.112. The van der Waals surface area contributed by atoms with Crippen LogP contribution in [-0.4, -0.2) is 11.7 Å². The summed E-state index contributed by atoms with van der Waals surface area (Å²) in [6.07, 6.45) is 0. The summed E-state index contributed by atoms with van der Waals surface area (Å²) >= 11 is 0. The van der Waals surface area contributed by atoms with E-state index in [1.54, 1.807) is 0 Å². The monoisotopic (exact) mass is 489 g/mol. The first-order chi connectivity index (χ1) is 17.7. The highest BCUT2D eigenvalue weighted by Gasteiger charge is 2.28. The summed E-state index contributed by atoms with van der Waals surface area (Å²) in [7, 11) is 0. The number of hydrogen-bond donors (Lipinski definition) is 0. The van der Waals surface area contributed by atoms with E-state index < -0.39 is 6.89 Å². The molecule has 0 fully saturated rings. The Balaban J connectivity index is 1.75. The number of amides is 1. The third-order valence-corrected chi connectivity index (χ3v) is 10.2. The molecule has 1 amide bonds. The van der Waals surface area contributed by atoms with Gasteiger partial charge in [-0.25, -0.2) is 0 Å². The van der Waals surface area contributed by atoms with E-state index in [1.807, 2.05) is 78.3 Å². The molecule has 0 aliphatic rings. The van der Waals surface area contributed by atoms with Gasteiger partial charge >= 0.3 is 0 Å². The van der Waals surface area contributed by atoms with Crippen molar-refractivity contribution in [3.63, 3.8) is 0 Å². The number of para-hydroxylation sites is 1. The molecule has 0 atom stereocenters. The molecule has 0 N–H and O–H groups in total. The van der Waals surface area contributed by atoms with E-state index in [-0.39, 0.29) is 5.91 Å². The maximum Gasteiger partial charge on any atom is 0.252 e. The van der Waals surface area contributed by atoms with Gasteiger partial charge in [0.2, 0.25) is 0 Å². The number of carbonyl (C=O) groups is 1. The van der Waals surface area contributed by atoms with Crippen LogP contribution in [-0.2, 0) is 11.3 Å². The fraction of sp³-hybridized carbons (Fsp3) is 0.0625. The molecule has 0 unspecified atom stereocenters. The number of rotatable bonds is 7. The Kier molecular flexibility index (Phi) is 7.02. The lowest BCUT2D eigenvalue weighted by Crippen LogP contribution is -2.35. The Labute approximate surface area is 212 Å². The van der Waals surface area contributed by atoms with Crippen molar-refractivity contribution in [2.45, 2.75) is 13.5 Å². The Bertz CT molecular complexity index is 1370. The number of nitrogens with zero attached hydrogens (tertiary/aromatic N) is 1. The van der Waals surface area contributed by atoms with Crippen LogP contribution in [0.15, 0.2) is 138 Å². The summed E-state index contributed by atoms with van der Waals surface area (Å²) < 4.78 is 5.87. The van der Waals surface area contributed by atoms with Gasteiger partial charge in [-0.2, -0.15) is 0 Å². The molecule has 178 valence electrons. The third-order valence-electron chi connectivity index (χ3n) is 6.24. The summed E-state index contributed by atoms with van der Waals surface area (Å²) in [5, 5.41) is 3.41. The molecule has 1 heterocycles. The van der Waals surface area contributed by atoms with Crippen molar-refractivity contribution in [3.05, 3.63) is 145 Å². The van der Waals surface area contributed by atoms with Crippen LogP contribution < -0.4 is 20.8 Å². The zero-order valence-corrected chi connectivity index (χ0v) is 21.1. The first kappa shape index (κ1) is 23.7. The number of benzene rings is 4. The van der Waals surface area contributed by atoms with Gasteiger partial charge in [-0.1, -0.05) is 109 Å². The number of furan rings is 1. The van der Waals surface area contributed by atoms with Crippen LogP contribution in [0.3, 0.4) is 0 Å². The van der Waals surface area contributed by atoms with Crippen LogP contribution in [0.25, 0.3) is 0 Å². The van der Waals surface area contributed by atoms with Gasteiger partial charge < -0.3 is 9.32 Å². The lowest BCUT2D eigenvalue weighted by atomic mass is 10.2. The van der Waals surface area contributed by atoms with Crippen molar-refractivity contribution in [1.82, 2.24) is 0 Å². The molecule has 4 aromatic carbocycles. The Morgan fingerprint density at radius 3 is 1.53 bits per heavy atom. The molecule has 5 rings (SSSR count). The highest BCUT2D eigenvalue weighted by molar-refractivity contribution is 7.95. The Morgan fingerprint density at radius 2 is 1.11 bits per heavy atom. The summed E-state index contributed by atoms with van der Waals surface area (Å²) in [5.74, 6) is 3.49. The minimum atomic E-state index is -2.43. The minimum Gasteiger partial charge on any atom is -0.464 e. The van der Waals surface area contributed by atoms with Crippen LogP contribution in [0.2, 0.25) is 0 Å². The average molecular weight is 490 g/mol. The highest BCUT2D eigenvalue weighted by Crippen LogP contribution is 2.43. The normalized spacial score (nSPS) is 11.1. The zero-order chi connectivity index (χ0) is 24.8. The molecule has 3 nitrogen and oxygen atoms in total. The van der Waals surface area contributed by atoms with Crippen LogP contribution in [0, 0.1) is 6.92 Å². The number of hydrogen-bond acceptors (Lipinski definition) is 2. The lowest BCUT2D eigenvalue weighted by Gasteiger charge is -2.30. The van der Waals surface area contributed by atoms with Gasteiger partial charge in [0.05, 0.1) is 6.54 Å². The van der Waals surface area contributed by atoms with Crippen molar-refractivity contribution in [3.8, 4) is 0 Å². The molecule has 4 heteroatoms. The van der Waals surface area contributed by atoms with E-state index in [2.05, 4.69) is 72.8 Å². The molecule has 0 saturated carbocycles. The largest absolute Gasteiger partial charge is 0.464 e. The van der Waals surface area contributed by atoms with E-state index in [0.29, 0.717) is 6.54 Å². The van der Waals surface area contributed by atoms with Crippen molar-refractivity contribution < 1.29 is 9.21 Å². The summed E-state index contributed by atoms with van der Waals surface area (Å²) in [6.45, 7) is -0.160. The maximum absolute atomic E-state index is 14.3. The topological polar surface area (TPSA) is 33.5 Å². The third kappa shape index (κ3) is 4.84. The smallest absolute Gasteiger partial charge is 0.252 e. The number of anilines is 1. The number of aryl methyl sites for hydroxylation is 1. The molecule has 0 aliphatic carbocycles. The van der Waals surface area contributed by atoms with Crippen LogP contribution in [0.4, 0.5) is 5.69 Å². The highest BCUT2D eigenvalue weighted by atomic mass is 31.2. The average Bonchev–Trinajstić information content (AvgIpc) is 3.36. The quantitative estimate of drug-likeness (QED) is 0.266. The summed E-state index contributed by atoms with van der Waals surface area (Å²) in [6, 6.07) is 44.9. The fourth-order valence-electron chi connectivity index (χ4n) is 4.53. The van der Waals surface area contributed by atoms with E-state index in [4.69, 9.17) is 4.42 Å². The minimum absolute atomic E-state index is 0.0554. The molecule has 5 aromatic rings. The number of carbonyl (C=O) groups excluding carboxylic acids is 1. The zero-order valence-electron chi connectivity index (χ0n) is 20.2. The van der Waals surface area contributed by atoms with Gasteiger partial charge in [-0.15, -0.1) is 0 Å². The first-order valence-corrected chi connectivity index (χ1v) is 13.9. The van der Waals surface area contributed by atoms with E-state index >= 15 is 0 Å². The first-order valence-electron chi connectivity index (χ1n) is 12.0. The van der Waals surface area contributed by atoms with E-state index in [0.717, 1.165) is 33.1 Å². The molecular formula is C32H28NO2P. The molecule has 0 aliphatic heterocycles. The van der Waals surface area contributed by atoms with Crippen molar-refractivity contribution >= 4 is 40.2 Å².